The number of hydrogen-bond donors (Lipinski definition) is 1. The van der Waals surface area contributed by atoms with E-state index in [4.69, 9.17) is 14.2 Å². The summed E-state index contributed by atoms with van der Waals surface area (Å²) in [5.41, 5.74) is -3.93. The Morgan fingerprint density at radius 1 is 0.667 bits per heavy atom. The van der Waals surface area contributed by atoms with E-state index in [1.165, 1.54) is 0 Å². The highest BCUT2D eigenvalue weighted by molar-refractivity contribution is 5.69. The van der Waals surface area contributed by atoms with Crippen molar-refractivity contribution in [1.82, 2.24) is 0 Å². The topological polar surface area (TPSA) is 57.2 Å². The van der Waals surface area contributed by atoms with Crippen molar-refractivity contribution in [2.75, 3.05) is 13.7 Å². The maximum absolute atomic E-state index is 14.7. The molecule has 1 fully saturated rings. The maximum atomic E-state index is 14.7. The van der Waals surface area contributed by atoms with E-state index in [1.807, 2.05) is 0 Å². The highest BCUT2D eigenvalue weighted by Crippen LogP contribution is 2.41. The van der Waals surface area contributed by atoms with Gasteiger partial charge in [0.1, 0.15) is 0 Å². The number of aliphatic hydroxyl groups is 1. The zero-order chi connectivity index (χ0) is 33.3. The monoisotopic (exact) mass is 656 g/mol. The summed E-state index contributed by atoms with van der Waals surface area (Å²) in [6, 6.07) is 0. The largest absolute Gasteiger partial charge is 0.491 e. The molecule has 1 aliphatic heterocycles. The van der Waals surface area contributed by atoms with Gasteiger partial charge in [0.05, 0.1) is 43.2 Å². The summed E-state index contributed by atoms with van der Waals surface area (Å²) in [6.07, 6.45) is 8.88. The quantitative estimate of drug-likeness (QED) is 0.105. The van der Waals surface area contributed by atoms with Gasteiger partial charge in [0.25, 0.3) is 0 Å². The molecule has 0 saturated carbocycles. The van der Waals surface area contributed by atoms with E-state index in [2.05, 4.69) is 11.7 Å². The number of ether oxygens (including phenoxy) is 4. The molecule has 4 atom stereocenters. The van der Waals surface area contributed by atoms with Crippen molar-refractivity contribution < 1.29 is 59.2 Å². The minimum absolute atomic E-state index is 0.00605. The Morgan fingerprint density at radius 2 is 1.11 bits per heavy atom. The zero-order valence-electron chi connectivity index (χ0n) is 25.6. The first-order valence-corrected chi connectivity index (χ1v) is 15.3. The molecule has 1 N–H and O–H groups in total. The van der Waals surface area contributed by atoms with Gasteiger partial charge in [-0.1, -0.05) is 45.4 Å². The van der Waals surface area contributed by atoms with E-state index < -0.39 is 75.3 Å². The molecule has 1 aliphatic rings. The average molecular weight is 657 g/mol. The molecule has 254 valence electrons. The summed E-state index contributed by atoms with van der Waals surface area (Å²) >= 11 is 0. The van der Waals surface area contributed by atoms with Crippen LogP contribution in [-0.4, -0.2) is 43.4 Å². The van der Waals surface area contributed by atoms with Crippen molar-refractivity contribution in [2.45, 2.75) is 115 Å². The van der Waals surface area contributed by atoms with Crippen LogP contribution in [0.2, 0.25) is 0 Å². The van der Waals surface area contributed by atoms with E-state index >= 15 is 0 Å². The van der Waals surface area contributed by atoms with Crippen LogP contribution in [0.25, 0.3) is 11.1 Å². The summed E-state index contributed by atoms with van der Waals surface area (Å²) in [4.78, 5) is 0. The van der Waals surface area contributed by atoms with Crippen molar-refractivity contribution in [1.29, 1.82) is 0 Å². The lowest BCUT2D eigenvalue weighted by molar-refractivity contribution is -0.249. The van der Waals surface area contributed by atoms with Gasteiger partial charge < -0.3 is 24.1 Å². The molecule has 1 saturated heterocycles. The highest BCUT2D eigenvalue weighted by atomic mass is 19.2. The summed E-state index contributed by atoms with van der Waals surface area (Å²) < 4.78 is 137. The van der Waals surface area contributed by atoms with Gasteiger partial charge in [-0.3, -0.25) is 0 Å². The van der Waals surface area contributed by atoms with Crippen LogP contribution in [0.3, 0.4) is 0 Å². The van der Waals surface area contributed by atoms with E-state index in [0.29, 0.717) is 26.4 Å². The lowest BCUT2D eigenvalue weighted by Crippen LogP contribution is -2.39. The molecule has 2 aromatic carbocycles. The highest BCUT2D eigenvalue weighted by Gasteiger charge is 2.35. The van der Waals surface area contributed by atoms with Crippen molar-refractivity contribution in [3.8, 4) is 22.6 Å². The van der Waals surface area contributed by atoms with Crippen LogP contribution in [0.4, 0.5) is 35.1 Å². The predicted octanol–water partition coefficient (Wildman–Crippen LogP) is 9.05. The maximum Gasteiger partial charge on any atom is 0.204 e. The van der Waals surface area contributed by atoms with Gasteiger partial charge in [-0.05, 0) is 39.0 Å². The second-order valence-corrected chi connectivity index (χ2v) is 11.3. The second kappa shape index (κ2) is 17.3. The normalized spacial score (nSPS) is 19.2. The SMILES string of the molecule is CCC1CC(CC(C)O)OC(CCCCCCCCCCOc2c(F)c(F)c(-c3c(F)c(F)c(OC)c(F)c3F)c(F)c2F)O1. The van der Waals surface area contributed by atoms with Crippen molar-refractivity contribution >= 4 is 0 Å². The van der Waals surface area contributed by atoms with Crippen LogP contribution in [-0.2, 0) is 9.47 Å². The molecule has 3 rings (SSSR count). The van der Waals surface area contributed by atoms with Crippen LogP contribution in [0.5, 0.6) is 11.5 Å². The molecule has 0 bridgehead atoms. The molecule has 0 aliphatic carbocycles. The van der Waals surface area contributed by atoms with E-state index in [1.54, 1.807) is 6.92 Å². The number of halogens is 8. The summed E-state index contributed by atoms with van der Waals surface area (Å²) in [5, 5.41) is 9.67. The molecule has 13 heteroatoms. The number of methoxy groups -OCH3 is 1. The summed E-state index contributed by atoms with van der Waals surface area (Å²) in [5.74, 6) is -20.6. The van der Waals surface area contributed by atoms with E-state index in [0.717, 1.165) is 57.8 Å². The molecule has 0 aromatic heterocycles. The molecule has 0 radical (unpaired) electrons. The van der Waals surface area contributed by atoms with Crippen LogP contribution in [0.15, 0.2) is 0 Å². The first-order chi connectivity index (χ1) is 21.4. The fraction of sp³-hybridized carbons (Fsp3) is 0.625. The molecule has 1 heterocycles. The Kier molecular flexibility index (Phi) is 14.2. The van der Waals surface area contributed by atoms with E-state index in [-0.39, 0.29) is 25.1 Å². The van der Waals surface area contributed by atoms with Gasteiger partial charge in [0.2, 0.25) is 23.3 Å². The smallest absolute Gasteiger partial charge is 0.204 e. The van der Waals surface area contributed by atoms with Crippen LogP contribution in [0, 0.1) is 46.5 Å². The zero-order valence-corrected chi connectivity index (χ0v) is 25.6. The lowest BCUT2D eigenvalue weighted by Gasteiger charge is -2.36. The van der Waals surface area contributed by atoms with Gasteiger partial charge >= 0.3 is 0 Å². The van der Waals surface area contributed by atoms with Crippen LogP contribution < -0.4 is 9.47 Å². The number of aliphatic hydroxyl groups excluding tert-OH is 1. The number of hydrogen-bond acceptors (Lipinski definition) is 5. The standard InChI is InChI=1S/C32H40F8O5/c1-4-18-16-19(15-17(2)41)45-20(44-18)13-11-9-7-5-6-8-10-12-14-43-32-29(39)25(35)22(26(36)30(32)40)21-23(33)27(37)31(42-3)28(38)24(21)34/h17-20,41H,4-16H2,1-3H3. The summed E-state index contributed by atoms with van der Waals surface area (Å²) in [7, 11) is 0.691. The molecule has 0 amide bonds. The molecular weight excluding hydrogens is 616 g/mol. The van der Waals surface area contributed by atoms with Gasteiger partial charge in [-0.2, -0.15) is 17.6 Å². The lowest BCUT2D eigenvalue weighted by atomic mass is 10.0. The number of unbranched alkanes of at least 4 members (excludes halogenated alkanes) is 7. The number of benzene rings is 2. The minimum Gasteiger partial charge on any atom is -0.491 e. The molecule has 4 unspecified atom stereocenters. The Hall–Kier alpha value is -2.64. The van der Waals surface area contributed by atoms with Crippen LogP contribution >= 0.6 is 0 Å². The fourth-order valence-corrected chi connectivity index (χ4v) is 5.41. The molecule has 2 aromatic rings. The minimum atomic E-state index is -2.30. The molecular formula is C32H40F8O5. The Labute approximate surface area is 257 Å². The second-order valence-electron chi connectivity index (χ2n) is 11.3. The van der Waals surface area contributed by atoms with Crippen molar-refractivity contribution in [3.63, 3.8) is 0 Å². The molecule has 0 spiro atoms. The Bertz CT molecular complexity index is 1220. The average Bonchev–Trinajstić information content (AvgIpc) is 3.00. The Morgan fingerprint density at radius 3 is 1.58 bits per heavy atom. The van der Waals surface area contributed by atoms with Crippen molar-refractivity contribution in [2.24, 2.45) is 0 Å². The first kappa shape index (κ1) is 36.8. The van der Waals surface area contributed by atoms with Gasteiger partial charge in [-0.15, -0.1) is 0 Å². The third-order valence-corrected chi connectivity index (χ3v) is 7.75. The van der Waals surface area contributed by atoms with Crippen LogP contribution in [0.1, 0.15) is 90.9 Å². The van der Waals surface area contributed by atoms with E-state index in [9.17, 15) is 40.2 Å². The summed E-state index contributed by atoms with van der Waals surface area (Å²) in [6.45, 7) is 3.50. The Balaban J connectivity index is 1.42. The number of rotatable bonds is 17. The van der Waals surface area contributed by atoms with Gasteiger partial charge in [-0.25, -0.2) is 17.6 Å². The molecule has 5 nitrogen and oxygen atoms in total. The fourth-order valence-electron chi connectivity index (χ4n) is 5.41. The van der Waals surface area contributed by atoms with Gasteiger partial charge in [0, 0.05) is 6.42 Å². The third-order valence-electron chi connectivity index (χ3n) is 7.75. The van der Waals surface area contributed by atoms with Gasteiger partial charge in [0.15, 0.2) is 41.1 Å². The predicted molar refractivity (Wildman–Crippen MR) is 150 cm³/mol. The van der Waals surface area contributed by atoms with Crippen molar-refractivity contribution in [3.05, 3.63) is 46.5 Å². The molecule has 45 heavy (non-hydrogen) atoms. The first-order valence-electron chi connectivity index (χ1n) is 15.3. The third kappa shape index (κ3) is 9.22.